The van der Waals surface area contributed by atoms with E-state index in [2.05, 4.69) is 36.5 Å². The summed E-state index contributed by atoms with van der Waals surface area (Å²) in [5, 5.41) is 10.8. The number of carbonyl (C=O) groups is 1. The van der Waals surface area contributed by atoms with Crippen LogP contribution in [-0.2, 0) is 17.6 Å². The van der Waals surface area contributed by atoms with Crippen LogP contribution in [0.2, 0.25) is 0 Å². The van der Waals surface area contributed by atoms with E-state index in [-0.39, 0.29) is 12.5 Å². The van der Waals surface area contributed by atoms with Gasteiger partial charge in [-0.15, -0.1) is 0 Å². The Bertz CT molecular complexity index is 588. The van der Waals surface area contributed by atoms with E-state index in [0.717, 1.165) is 19.3 Å². The molecule has 0 heterocycles. The average molecular weight is 308 g/mol. The maximum absolute atomic E-state index is 11.1. The van der Waals surface area contributed by atoms with Gasteiger partial charge in [0.2, 0.25) is 5.91 Å². The second kappa shape index (κ2) is 12.0. The number of rotatable bonds is 6. The van der Waals surface area contributed by atoms with Crippen molar-refractivity contribution in [3.8, 4) is 6.07 Å². The van der Waals surface area contributed by atoms with E-state index in [1.165, 1.54) is 11.1 Å². The van der Waals surface area contributed by atoms with Crippen LogP contribution in [0.5, 0.6) is 0 Å². The van der Waals surface area contributed by atoms with Crippen molar-refractivity contribution >= 4 is 5.91 Å². The first-order valence-corrected chi connectivity index (χ1v) is 7.97. The minimum absolute atomic E-state index is 0.0486. The van der Waals surface area contributed by atoms with Gasteiger partial charge < -0.3 is 5.32 Å². The van der Waals surface area contributed by atoms with Gasteiger partial charge >= 0.3 is 0 Å². The highest BCUT2D eigenvalue weighted by molar-refractivity contribution is 5.76. The molecule has 3 heteroatoms. The standard InChI is InChI=1S/C12H14N2O.C8H10/c13-9-10-14-12(15)8-4-7-11-5-2-1-3-6-11;1-2-8-6-4-3-5-7-8/h1-3,5-6H,4,7-8,10H2,(H,14,15);3-7H,2H2,1H3. The lowest BCUT2D eigenvalue weighted by atomic mass is 10.1. The van der Waals surface area contributed by atoms with Gasteiger partial charge in [-0.05, 0) is 30.4 Å². The number of carbonyl (C=O) groups excluding carboxylic acids is 1. The molecule has 0 saturated carbocycles. The summed E-state index contributed by atoms with van der Waals surface area (Å²) in [6, 6.07) is 22.4. The molecule has 0 aromatic heterocycles. The van der Waals surface area contributed by atoms with Crippen LogP contribution in [0, 0.1) is 11.3 Å². The predicted octanol–water partition coefficient (Wildman–Crippen LogP) is 3.90. The number of amides is 1. The minimum Gasteiger partial charge on any atom is -0.343 e. The summed E-state index contributed by atoms with van der Waals surface area (Å²) in [5.74, 6) is -0.0486. The molecule has 23 heavy (non-hydrogen) atoms. The predicted molar refractivity (Wildman–Crippen MR) is 93.8 cm³/mol. The van der Waals surface area contributed by atoms with Gasteiger partial charge in [-0.25, -0.2) is 0 Å². The topological polar surface area (TPSA) is 52.9 Å². The quantitative estimate of drug-likeness (QED) is 0.823. The Kier molecular flexibility index (Phi) is 9.62. The molecule has 1 N–H and O–H groups in total. The smallest absolute Gasteiger partial charge is 0.220 e. The van der Waals surface area contributed by atoms with Crippen LogP contribution in [0.15, 0.2) is 60.7 Å². The Morgan fingerprint density at radius 1 is 1.00 bits per heavy atom. The second-order valence-electron chi connectivity index (χ2n) is 5.11. The van der Waals surface area contributed by atoms with Crippen molar-refractivity contribution < 1.29 is 4.79 Å². The first-order valence-electron chi connectivity index (χ1n) is 7.97. The molecule has 120 valence electrons. The molecular weight excluding hydrogens is 284 g/mol. The number of nitrogens with one attached hydrogen (secondary N) is 1. The van der Waals surface area contributed by atoms with E-state index in [1.54, 1.807) is 0 Å². The van der Waals surface area contributed by atoms with Crippen molar-refractivity contribution in [1.82, 2.24) is 5.32 Å². The largest absolute Gasteiger partial charge is 0.343 e. The molecular formula is C20H24N2O. The van der Waals surface area contributed by atoms with Crippen molar-refractivity contribution in [2.24, 2.45) is 0 Å². The molecule has 1 amide bonds. The molecule has 0 aliphatic rings. The van der Waals surface area contributed by atoms with Crippen LogP contribution in [0.4, 0.5) is 0 Å². The molecule has 0 radical (unpaired) electrons. The maximum atomic E-state index is 11.1. The van der Waals surface area contributed by atoms with Gasteiger partial charge in [0.15, 0.2) is 0 Å². The zero-order valence-corrected chi connectivity index (χ0v) is 13.7. The molecule has 0 fully saturated rings. The van der Waals surface area contributed by atoms with Gasteiger partial charge in [-0.3, -0.25) is 4.79 Å². The molecule has 0 aliphatic heterocycles. The van der Waals surface area contributed by atoms with Crippen molar-refractivity contribution in [1.29, 1.82) is 5.26 Å². The highest BCUT2D eigenvalue weighted by atomic mass is 16.1. The van der Waals surface area contributed by atoms with E-state index in [0.29, 0.717) is 6.42 Å². The first-order chi connectivity index (χ1) is 11.3. The third-order valence-corrected chi connectivity index (χ3v) is 3.33. The number of nitrogens with zero attached hydrogens (tertiary/aromatic N) is 1. The molecule has 0 aliphatic carbocycles. The Morgan fingerprint density at radius 3 is 2.04 bits per heavy atom. The van der Waals surface area contributed by atoms with Gasteiger partial charge in [0.25, 0.3) is 0 Å². The van der Waals surface area contributed by atoms with Crippen LogP contribution >= 0.6 is 0 Å². The summed E-state index contributed by atoms with van der Waals surface area (Å²) >= 11 is 0. The van der Waals surface area contributed by atoms with E-state index >= 15 is 0 Å². The zero-order valence-electron chi connectivity index (χ0n) is 13.7. The monoisotopic (exact) mass is 308 g/mol. The molecule has 0 spiro atoms. The fourth-order valence-corrected chi connectivity index (χ4v) is 2.04. The molecule has 2 aromatic rings. The summed E-state index contributed by atoms with van der Waals surface area (Å²) in [6.45, 7) is 2.26. The molecule has 2 aromatic carbocycles. The SMILES string of the molecule is CCc1ccccc1.N#CCNC(=O)CCCc1ccccc1. The van der Waals surface area contributed by atoms with Crippen LogP contribution in [0.1, 0.15) is 30.9 Å². The van der Waals surface area contributed by atoms with Gasteiger partial charge in [-0.2, -0.15) is 5.26 Å². The Balaban J connectivity index is 0.000000277. The molecule has 2 rings (SSSR count). The summed E-state index contributed by atoms with van der Waals surface area (Å²) in [5.41, 5.74) is 2.65. The maximum Gasteiger partial charge on any atom is 0.220 e. The Labute approximate surface area is 139 Å². The van der Waals surface area contributed by atoms with Crippen LogP contribution in [0.3, 0.4) is 0 Å². The van der Waals surface area contributed by atoms with Gasteiger partial charge in [0, 0.05) is 6.42 Å². The van der Waals surface area contributed by atoms with E-state index < -0.39 is 0 Å². The lowest BCUT2D eigenvalue weighted by Crippen LogP contribution is -2.23. The fourth-order valence-electron chi connectivity index (χ4n) is 2.04. The number of hydrogen-bond acceptors (Lipinski definition) is 2. The third-order valence-electron chi connectivity index (χ3n) is 3.33. The second-order valence-corrected chi connectivity index (χ2v) is 5.11. The van der Waals surface area contributed by atoms with E-state index in [4.69, 9.17) is 5.26 Å². The van der Waals surface area contributed by atoms with E-state index in [1.807, 2.05) is 42.5 Å². The highest BCUT2D eigenvalue weighted by Gasteiger charge is 1.99. The molecule has 0 atom stereocenters. The number of benzene rings is 2. The summed E-state index contributed by atoms with van der Waals surface area (Å²) in [6.07, 6.45) is 3.35. The lowest BCUT2D eigenvalue weighted by Gasteiger charge is -2.01. The third kappa shape index (κ3) is 9.10. The van der Waals surface area contributed by atoms with Crippen molar-refractivity contribution in [2.45, 2.75) is 32.6 Å². The van der Waals surface area contributed by atoms with Gasteiger partial charge in [-0.1, -0.05) is 67.6 Å². The number of aryl methyl sites for hydroxylation is 2. The summed E-state index contributed by atoms with van der Waals surface area (Å²) in [7, 11) is 0. The van der Waals surface area contributed by atoms with Crippen LogP contribution < -0.4 is 5.32 Å². The molecule has 3 nitrogen and oxygen atoms in total. The normalized spacial score (nSPS) is 9.22. The van der Waals surface area contributed by atoms with E-state index in [9.17, 15) is 4.79 Å². The molecule has 0 saturated heterocycles. The number of hydrogen-bond donors (Lipinski definition) is 1. The summed E-state index contributed by atoms with van der Waals surface area (Å²) < 4.78 is 0. The minimum atomic E-state index is -0.0486. The van der Waals surface area contributed by atoms with Gasteiger partial charge in [0.1, 0.15) is 6.54 Å². The highest BCUT2D eigenvalue weighted by Crippen LogP contribution is 2.04. The van der Waals surface area contributed by atoms with Gasteiger partial charge in [0.05, 0.1) is 6.07 Å². The van der Waals surface area contributed by atoms with Crippen molar-refractivity contribution in [2.75, 3.05) is 6.54 Å². The fraction of sp³-hybridized carbons (Fsp3) is 0.300. The zero-order chi connectivity index (χ0) is 16.8. The molecule has 0 bridgehead atoms. The average Bonchev–Trinajstić information content (AvgIpc) is 2.62. The first kappa shape index (κ1) is 18.4. The van der Waals surface area contributed by atoms with Crippen molar-refractivity contribution in [3.63, 3.8) is 0 Å². The lowest BCUT2D eigenvalue weighted by molar-refractivity contribution is -0.120. The molecule has 0 unspecified atom stereocenters. The van der Waals surface area contributed by atoms with Crippen LogP contribution in [0.25, 0.3) is 0 Å². The Hall–Kier alpha value is -2.60. The number of nitriles is 1. The van der Waals surface area contributed by atoms with Crippen molar-refractivity contribution in [3.05, 3.63) is 71.8 Å². The Morgan fingerprint density at radius 2 is 1.57 bits per heavy atom. The van der Waals surface area contributed by atoms with Crippen LogP contribution in [-0.4, -0.2) is 12.5 Å². The summed E-state index contributed by atoms with van der Waals surface area (Å²) in [4.78, 5) is 11.1.